The number of benzene rings is 4. The van der Waals surface area contributed by atoms with Gasteiger partial charge in [0.2, 0.25) is 0 Å². The summed E-state index contributed by atoms with van der Waals surface area (Å²) in [5.74, 6) is 0.231. The Morgan fingerprint density at radius 3 is 1.92 bits per heavy atom. The SMILES string of the molecule is CN(C)c1ccc(-n2c(SC(c3ccc(Cl)cc3)c3ccc(Cl)cc3)nnc2-c2cccc(F)c2)cc1. The van der Waals surface area contributed by atoms with Crippen LogP contribution in [0.2, 0.25) is 10.0 Å². The van der Waals surface area contributed by atoms with E-state index in [0.717, 1.165) is 22.5 Å². The maximum Gasteiger partial charge on any atom is 0.197 e. The van der Waals surface area contributed by atoms with Gasteiger partial charge in [-0.3, -0.25) is 4.57 Å². The third kappa shape index (κ3) is 5.67. The van der Waals surface area contributed by atoms with E-state index in [0.29, 0.717) is 26.6 Å². The van der Waals surface area contributed by atoms with E-state index in [-0.39, 0.29) is 11.1 Å². The van der Waals surface area contributed by atoms with Crippen molar-refractivity contribution in [2.24, 2.45) is 0 Å². The average Bonchev–Trinajstić information content (AvgIpc) is 3.32. The lowest BCUT2D eigenvalue weighted by molar-refractivity contribution is 0.628. The molecule has 0 atom stereocenters. The van der Waals surface area contributed by atoms with Gasteiger partial charge in [-0.15, -0.1) is 10.2 Å². The molecule has 0 aliphatic rings. The zero-order valence-electron chi connectivity index (χ0n) is 20.1. The van der Waals surface area contributed by atoms with Gasteiger partial charge < -0.3 is 4.90 Å². The molecule has 0 bridgehead atoms. The molecule has 186 valence electrons. The van der Waals surface area contributed by atoms with E-state index < -0.39 is 0 Å². The van der Waals surface area contributed by atoms with Crippen molar-refractivity contribution in [1.82, 2.24) is 14.8 Å². The number of hydrogen-bond acceptors (Lipinski definition) is 4. The monoisotopic (exact) mass is 548 g/mol. The highest BCUT2D eigenvalue weighted by atomic mass is 35.5. The Morgan fingerprint density at radius 2 is 1.38 bits per heavy atom. The van der Waals surface area contributed by atoms with Gasteiger partial charge >= 0.3 is 0 Å². The predicted molar refractivity (Wildman–Crippen MR) is 152 cm³/mol. The minimum Gasteiger partial charge on any atom is -0.378 e. The largest absolute Gasteiger partial charge is 0.378 e. The average molecular weight is 550 g/mol. The first-order valence-electron chi connectivity index (χ1n) is 11.6. The fourth-order valence-corrected chi connectivity index (χ4v) is 5.44. The summed E-state index contributed by atoms with van der Waals surface area (Å²) < 4.78 is 16.1. The standard InChI is InChI=1S/C29H23Cl2FN4S/c1-35(2)25-14-16-26(17-15-25)36-28(21-4-3-5-24(32)18-21)33-34-29(36)37-27(19-6-10-22(30)11-7-19)20-8-12-23(31)13-9-20/h3-18,27H,1-2H3. The molecule has 5 rings (SSSR count). The van der Waals surface area contributed by atoms with Crippen molar-refractivity contribution in [3.8, 4) is 17.1 Å². The Kier molecular flexibility index (Phi) is 7.51. The molecule has 37 heavy (non-hydrogen) atoms. The minimum absolute atomic E-state index is 0.112. The molecular formula is C29H23Cl2FN4S. The Balaban J connectivity index is 1.64. The molecule has 4 aromatic carbocycles. The highest BCUT2D eigenvalue weighted by molar-refractivity contribution is 7.99. The van der Waals surface area contributed by atoms with Crippen molar-refractivity contribution >= 4 is 40.7 Å². The lowest BCUT2D eigenvalue weighted by Gasteiger charge is -2.19. The summed E-state index contributed by atoms with van der Waals surface area (Å²) in [5.41, 5.74) is 4.70. The zero-order valence-corrected chi connectivity index (χ0v) is 22.5. The summed E-state index contributed by atoms with van der Waals surface area (Å²) in [4.78, 5) is 2.04. The molecule has 0 fully saturated rings. The smallest absolute Gasteiger partial charge is 0.197 e. The lowest BCUT2D eigenvalue weighted by Crippen LogP contribution is -2.09. The van der Waals surface area contributed by atoms with Gasteiger partial charge in [-0.25, -0.2) is 4.39 Å². The second-order valence-electron chi connectivity index (χ2n) is 8.66. The molecule has 0 saturated heterocycles. The molecule has 5 aromatic rings. The van der Waals surface area contributed by atoms with E-state index in [2.05, 4.69) is 10.2 Å². The van der Waals surface area contributed by atoms with Crippen molar-refractivity contribution < 1.29 is 4.39 Å². The number of rotatable bonds is 7. The molecular weight excluding hydrogens is 526 g/mol. The van der Waals surface area contributed by atoms with Gasteiger partial charge in [0.05, 0.1) is 5.25 Å². The summed E-state index contributed by atoms with van der Waals surface area (Å²) in [7, 11) is 3.99. The molecule has 0 aliphatic heterocycles. The Bertz CT molecular complexity index is 1460. The summed E-state index contributed by atoms with van der Waals surface area (Å²) in [6.45, 7) is 0. The van der Waals surface area contributed by atoms with Gasteiger partial charge in [-0.2, -0.15) is 0 Å². The summed E-state index contributed by atoms with van der Waals surface area (Å²) in [6.07, 6.45) is 0. The van der Waals surface area contributed by atoms with Gasteiger partial charge in [-0.05, 0) is 71.8 Å². The van der Waals surface area contributed by atoms with E-state index >= 15 is 0 Å². The Morgan fingerprint density at radius 1 is 0.784 bits per heavy atom. The highest BCUT2D eigenvalue weighted by Gasteiger charge is 2.23. The molecule has 0 spiro atoms. The maximum absolute atomic E-state index is 14.2. The van der Waals surface area contributed by atoms with E-state index in [1.807, 2.05) is 102 Å². The van der Waals surface area contributed by atoms with Crippen LogP contribution in [-0.2, 0) is 0 Å². The first-order valence-corrected chi connectivity index (χ1v) is 13.2. The number of hydrogen-bond donors (Lipinski definition) is 0. The van der Waals surface area contributed by atoms with Crippen molar-refractivity contribution in [3.63, 3.8) is 0 Å². The molecule has 0 saturated carbocycles. The highest BCUT2D eigenvalue weighted by Crippen LogP contribution is 2.42. The van der Waals surface area contributed by atoms with Crippen LogP contribution < -0.4 is 4.90 Å². The quantitative estimate of drug-likeness (QED) is 0.191. The fraction of sp³-hybridized carbons (Fsp3) is 0.103. The van der Waals surface area contributed by atoms with Gasteiger partial charge in [0.1, 0.15) is 5.82 Å². The second kappa shape index (κ2) is 11.0. The van der Waals surface area contributed by atoms with Crippen molar-refractivity contribution in [1.29, 1.82) is 0 Å². The van der Waals surface area contributed by atoms with Gasteiger partial charge in [0.25, 0.3) is 0 Å². The maximum atomic E-state index is 14.2. The number of aromatic nitrogens is 3. The van der Waals surface area contributed by atoms with Crippen LogP contribution >= 0.6 is 35.0 Å². The Labute approximate surface area is 229 Å². The van der Waals surface area contributed by atoms with Crippen LogP contribution in [0.4, 0.5) is 10.1 Å². The number of anilines is 1. The zero-order chi connectivity index (χ0) is 25.9. The van der Waals surface area contributed by atoms with Crippen molar-refractivity contribution in [3.05, 3.63) is 124 Å². The summed E-state index contributed by atoms with van der Waals surface area (Å²) >= 11 is 13.9. The third-order valence-corrected chi connectivity index (χ3v) is 7.67. The van der Waals surface area contributed by atoms with Crippen LogP contribution in [0.25, 0.3) is 17.1 Å². The molecule has 0 aliphatic carbocycles. The van der Waals surface area contributed by atoms with Crippen LogP contribution in [0.1, 0.15) is 16.4 Å². The molecule has 0 N–H and O–H groups in total. The number of nitrogens with zero attached hydrogens (tertiary/aromatic N) is 4. The molecule has 4 nitrogen and oxygen atoms in total. The number of thioether (sulfide) groups is 1. The first kappa shape index (κ1) is 25.3. The summed E-state index contributed by atoms with van der Waals surface area (Å²) in [5, 5.41) is 11.0. The van der Waals surface area contributed by atoms with E-state index in [1.165, 1.54) is 12.1 Å². The van der Waals surface area contributed by atoms with Gasteiger partial charge in [-0.1, -0.05) is 71.4 Å². The second-order valence-corrected chi connectivity index (χ2v) is 10.6. The van der Waals surface area contributed by atoms with Crippen LogP contribution in [-0.4, -0.2) is 28.9 Å². The predicted octanol–water partition coefficient (Wildman–Crippen LogP) is 8.33. The van der Waals surface area contributed by atoms with E-state index in [1.54, 1.807) is 17.8 Å². The van der Waals surface area contributed by atoms with E-state index in [4.69, 9.17) is 23.2 Å². The molecule has 0 amide bonds. The van der Waals surface area contributed by atoms with Gasteiger partial charge in [0.15, 0.2) is 11.0 Å². The van der Waals surface area contributed by atoms with Crippen LogP contribution in [0.3, 0.4) is 0 Å². The normalized spacial score (nSPS) is 11.2. The van der Waals surface area contributed by atoms with Crippen molar-refractivity contribution in [2.75, 3.05) is 19.0 Å². The molecule has 0 unspecified atom stereocenters. The van der Waals surface area contributed by atoms with Crippen LogP contribution in [0.15, 0.2) is 102 Å². The van der Waals surface area contributed by atoms with Crippen LogP contribution in [0, 0.1) is 5.82 Å². The van der Waals surface area contributed by atoms with Crippen LogP contribution in [0.5, 0.6) is 0 Å². The Hall–Kier alpha value is -3.32. The summed E-state index contributed by atoms with van der Waals surface area (Å²) in [6, 6.07) is 30.1. The van der Waals surface area contributed by atoms with Gasteiger partial charge in [0, 0.05) is 41.1 Å². The topological polar surface area (TPSA) is 34.0 Å². The molecule has 1 heterocycles. The first-order chi connectivity index (χ1) is 17.9. The number of halogens is 3. The fourth-order valence-electron chi connectivity index (χ4n) is 4.00. The molecule has 1 aromatic heterocycles. The lowest BCUT2D eigenvalue weighted by atomic mass is 10.0. The minimum atomic E-state index is -0.329. The molecule has 8 heteroatoms. The van der Waals surface area contributed by atoms with Crippen molar-refractivity contribution in [2.45, 2.75) is 10.4 Å². The van der Waals surface area contributed by atoms with E-state index in [9.17, 15) is 4.39 Å². The third-order valence-electron chi connectivity index (χ3n) is 5.91. The molecule has 0 radical (unpaired) electrons.